The van der Waals surface area contributed by atoms with Crippen molar-refractivity contribution < 1.29 is 13.2 Å². The van der Waals surface area contributed by atoms with Crippen molar-refractivity contribution in [2.45, 2.75) is 31.0 Å². The summed E-state index contributed by atoms with van der Waals surface area (Å²) in [5.41, 5.74) is 5.02. The Morgan fingerprint density at radius 3 is 2.18 bits per heavy atom. The minimum Gasteiger partial charge on any atom is -0.466 e. The van der Waals surface area contributed by atoms with E-state index in [4.69, 9.17) is 9.84 Å². The van der Waals surface area contributed by atoms with Crippen molar-refractivity contribution in [1.29, 1.82) is 0 Å². The van der Waals surface area contributed by atoms with Gasteiger partial charge in [0.05, 0.1) is 18.0 Å². The molecule has 3 aliphatic heterocycles. The molecule has 174 valence electrons. The maximum absolute atomic E-state index is 12.1. The molecule has 1 saturated heterocycles. The third kappa shape index (κ3) is 3.60. The highest BCUT2D eigenvalue weighted by Gasteiger charge is 2.52. The normalized spacial score (nSPS) is 21.5. The van der Waals surface area contributed by atoms with E-state index in [0.717, 1.165) is 29.0 Å². The van der Waals surface area contributed by atoms with Crippen LogP contribution in [0.4, 0.5) is 0 Å². The summed E-state index contributed by atoms with van der Waals surface area (Å²) in [5.74, 6) is 0.882. The molecule has 0 radical (unpaired) electrons. The van der Waals surface area contributed by atoms with Crippen LogP contribution < -0.4 is 4.74 Å². The third-order valence-corrected chi connectivity index (χ3v) is 8.51. The Kier molecular flexibility index (Phi) is 5.00. The molecule has 0 bridgehead atoms. The highest BCUT2D eigenvalue weighted by molar-refractivity contribution is 7.88. The maximum Gasteiger partial charge on any atom is 0.211 e. The monoisotopic (exact) mass is 473 g/mol. The second-order valence-corrected chi connectivity index (χ2v) is 11.3. The standard InChI is InChI=1S/C27H27N3O3S/c1-34(31,32)29-17-15-27(16-18-29)30-25(23-9-5-6-10-26(23)33-27)19-24(28-30)22-13-11-21(12-14-22)20-7-3-2-4-8-20/h2-14,25H,15-19H2,1H3. The van der Waals surface area contributed by atoms with E-state index in [0.29, 0.717) is 25.9 Å². The molecule has 3 heterocycles. The topological polar surface area (TPSA) is 62.2 Å². The van der Waals surface area contributed by atoms with E-state index in [1.165, 1.54) is 17.4 Å². The molecule has 3 aromatic rings. The van der Waals surface area contributed by atoms with Gasteiger partial charge in [0.25, 0.3) is 0 Å². The number of hydrogen-bond acceptors (Lipinski definition) is 5. The van der Waals surface area contributed by atoms with E-state index in [9.17, 15) is 8.42 Å². The van der Waals surface area contributed by atoms with Crippen LogP contribution >= 0.6 is 0 Å². The number of hydrazone groups is 1. The first kappa shape index (κ1) is 21.4. The molecule has 34 heavy (non-hydrogen) atoms. The quantitative estimate of drug-likeness (QED) is 0.556. The van der Waals surface area contributed by atoms with E-state index >= 15 is 0 Å². The summed E-state index contributed by atoms with van der Waals surface area (Å²) in [6, 6.07) is 27.2. The number of piperidine rings is 1. The number of ether oxygens (including phenoxy) is 1. The SMILES string of the molecule is CS(=O)(=O)N1CCC2(CC1)Oc1ccccc1C1CC(c3ccc(-c4ccccc4)cc3)=NN12. The molecule has 0 amide bonds. The van der Waals surface area contributed by atoms with Crippen LogP contribution in [0.15, 0.2) is 84.0 Å². The molecule has 1 spiro atoms. The first-order valence-electron chi connectivity index (χ1n) is 11.7. The lowest BCUT2D eigenvalue weighted by Crippen LogP contribution is -2.59. The summed E-state index contributed by atoms with van der Waals surface area (Å²) < 4.78 is 32.3. The summed E-state index contributed by atoms with van der Waals surface area (Å²) >= 11 is 0. The molecule has 1 unspecified atom stereocenters. The van der Waals surface area contributed by atoms with Crippen molar-refractivity contribution in [2.24, 2.45) is 5.10 Å². The Labute approximate surface area is 200 Å². The fourth-order valence-electron chi connectivity index (χ4n) is 5.39. The highest BCUT2D eigenvalue weighted by Crippen LogP contribution is 2.50. The van der Waals surface area contributed by atoms with Crippen LogP contribution in [0.5, 0.6) is 5.75 Å². The van der Waals surface area contributed by atoms with Gasteiger partial charge in [-0.25, -0.2) is 17.7 Å². The van der Waals surface area contributed by atoms with Crippen molar-refractivity contribution in [3.8, 4) is 16.9 Å². The summed E-state index contributed by atoms with van der Waals surface area (Å²) in [7, 11) is -3.22. The van der Waals surface area contributed by atoms with Crippen molar-refractivity contribution in [3.05, 3.63) is 90.0 Å². The van der Waals surface area contributed by atoms with Gasteiger partial charge < -0.3 is 4.74 Å². The van der Waals surface area contributed by atoms with Crippen molar-refractivity contribution in [2.75, 3.05) is 19.3 Å². The lowest BCUT2D eigenvalue weighted by Gasteiger charge is -2.50. The average Bonchev–Trinajstić information content (AvgIpc) is 3.32. The van der Waals surface area contributed by atoms with Crippen molar-refractivity contribution in [1.82, 2.24) is 9.31 Å². The molecular weight excluding hydrogens is 446 g/mol. The zero-order valence-electron chi connectivity index (χ0n) is 19.1. The largest absolute Gasteiger partial charge is 0.466 e. The van der Waals surface area contributed by atoms with Crippen LogP contribution in [0.25, 0.3) is 11.1 Å². The van der Waals surface area contributed by atoms with E-state index in [2.05, 4.69) is 47.5 Å². The van der Waals surface area contributed by atoms with E-state index in [1.807, 2.05) is 36.4 Å². The average molecular weight is 474 g/mol. The molecule has 6 nitrogen and oxygen atoms in total. The zero-order chi connectivity index (χ0) is 23.3. The Morgan fingerprint density at radius 1 is 0.853 bits per heavy atom. The van der Waals surface area contributed by atoms with Crippen LogP contribution in [-0.4, -0.2) is 48.5 Å². The molecule has 1 atom stereocenters. The van der Waals surface area contributed by atoms with Crippen LogP contribution in [0.1, 0.15) is 36.4 Å². The fourth-order valence-corrected chi connectivity index (χ4v) is 6.23. The summed E-state index contributed by atoms with van der Waals surface area (Å²) in [4.78, 5) is 0. The molecule has 0 aliphatic carbocycles. The number of hydrogen-bond donors (Lipinski definition) is 0. The van der Waals surface area contributed by atoms with Crippen LogP contribution in [0, 0.1) is 0 Å². The molecule has 0 N–H and O–H groups in total. The summed E-state index contributed by atoms with van der Waals surface area (Å²) in [5, 5.41) is 7.22. The van der Waals surface area contributed by atoms with E-state index < -0.39 is 15.7 Å². The van der Waals surface area contributed by atoms with Crippen molar-refractivity contribution >= 4 is 15.7 Å². The number of fused-ring (bicyclic) bond motifs is 4. The Bertz CT molecular complexity index is 1350. The lowest BCUT2D eigenvalue weighted by atomic mass is 9.91. The van der Waals surface area contributed by atoms with Gasteiger partial charge in [-0.3, -0.25) is 0 Å². The van der Waals surface area contributed by atoms with E-state index in [-0.39, 0.29) is 6.04 Å². The number of nitrogens with zero attached hydrogens (tertiary/aromatic N) is 3. The predicted octanol–water partition coefficient (Wildman–Crippen LogP) is 4.65. The van der Waals surface area contributed by atoms with Gasteiger partial charge in [-0.05, 0) is 22.8 Å². The number of para-hydroxylation sites is 1. The number of sulfonamides is 1. The maximum atomic E-state index is 12.1. The minimum atomic E-state index is -3.22. The van der Waals surface area contributed by atoms with Gasteiger partial charge in [0.2, 0.25) is 15.7 Å². The van der Waals surface area contributed by atoms with Crippen molar-refractivity contribution in [3.63, 3.8) is 0 Å². The molecule has 3 aliphatic rings. The summed E-state index contributed by atoms with van der Waals surface area (Å²) in [6.45, 7) is 0.863. The number of rotatable bonds is 3. The highest BCUT2D eigenvalue weighted by atomic mass is 32.2. The molecule has 0 aromatic heterocycles. The fraction of sp³-hybridized carbons (Fsp3) is 0.296. The summed E-state index contributed by atoms with van der Waals surface area (Å²) in [6.07, 6.45) is 3.22. The predicted molar refractivity (Wildman–Crippen MR) is 133 cm³/mol. The first-order valence-corrected chi connectivity index (χ1v) is 13.5. The van der Waals surface area contributed by atoms with Crippen LogP contribution in [0.2, 0.25) is 0 Å². The van der Waals surface area contributed by atoms with Crippen LogP contribution in [0.3, 0.4) is 0 Å². The second-order valence-electron chi connectivity index (χ2n) is 9.30. The molecule has 0 saturated carbocycles. The Balaban J connectivity index is 1.34. The minimum absolute atomic E-state index is 0.0820. The third-order valence-electron chi connectivity index (χ3n) is 7.20. The first-order chi connectivity index (χ1) is 16.4. The van der Waals surface area contributed by atoms with Gasteiger partial charge in [-0.2, -0.15) is 5.10 Å². The van der Waals surface area contributed by atoms with Gasteiger partial charge in [-0.15, -0.1) is 0 Å². The molecule has 3 aromatic carbocycles. The molecule has 1 fully saturated rings. The van der Waals surface area contributed by atoms with E-state index in [1.54, 1.807) is 4.31 Å². The molecule has 6 rings (SSSR count). The van der Waals surface area contributed by atoms with Crippen LogP contribution in [-0.2, 0) is 10.0 Å². The molecule has 7 heteroatoms. The van der Waals surface area contributed by atoms with Gasteiger partial charge in [0, 0.05) is 37.9 Å². The van der Waals surface area contributed by atoms with Gasteiger partial charge in [0.15, 0.2) is 0 Å². The molecular formula is C27H27N3O3S. The van der Waals surface area contributed by atoms with Gasteiger partial charge >= 0.3 is 0 Å². The Morgan fingerprint density at radius 2 is 1.47 bits per heavy atom. The second kappa shape index (κ2) is 7.96. The lowest BCUT2D eigenvalue weighted by molar-refractivity contribution is -0.143. The Hall–Kier alpha value is -3.16. The zero-order valence-corrected chi connectivity index (χ0v) is 19.9. The van der Waals surface area contributed by atoms with Gasteiger partial charge in [-0.1, -0.05) is 72.8 Å². The number of benzene rings is 3. The van der Waals surface area contributed by atoms with Gasteiger partial charge in [0.1, 0.15) is 5.75 Å². The smallest absolute Gasteiger partial charge is 0.211 e.